The number of pyridine rings is 1. The number of likely N-dealkylation sites (tertiary alicyclic amines) is 1. The zero-order valence-corrected chi connectivity index (χ0v) is 14.6. The SMILES string of the molecule is COc1cc(CC2CN(C(=O)c3cc(C(=O)O)ccn3)C2)cc(OC)c1. The van der Waals surface area contributed by atoms with Crippen LogP contribution in [0.1, 0.15) is 26.4 Å². The number of amides is 1. The third-order valence-electron chi connectivity index (χ3n) is 4.41. The number of carbonyl (C=O) groups excluding carboxylic acids is 1. The molecule has 1 aliphatic heterocycles. The number of ether oxygens (including phenoxy) is 2. The van der Waals surface area contributed by atoms with Gasteiger partial charge >= 0.3 is 5.97 Å². The van der Waals surface area contributed by atoms with Gasteiger partial charge in [0.25, 0.3) is 5.91 Å². The lowest BCUT2D eigenvalue weighted by atomic mass is 9.91. The second-order valence-corrected chi connectivity index (χ2v) is 6.24. The van der Waals surface area contributed by atoms with Gasteiger partial charge in [0.1, 0.15) is 17.2 Å². The molecule has 2 aromatic rings. The molecule has 0 atom stereocenters. The number of carbonyl (C=O) groups is 2. The maximum atomic E-state index is 12.4. The van der Waals surface area contributed by atoms with Crippen molar-refractivity contribution in [2.75, 3.05) is 27.3 Å². The van der Waals surface area contributed by atoms with Crippen LogP contribution in [0.5, 0.6) is 11.5 Å². The van der Waals surface area contributed by atoms with E-state index in [2.05, 4.69) is 4.98 Å². The molecule has 1 aromatic carbocycles. The number of hydrogen-bond acceptors (Lipinski definition) is 5. The molecule has 2 heterocycles. The number of benzene rings is 1. The summed E-state index contributed by atoms with van der Waals surface area (Å²) in [6.45, 7) is 1.22. The van der Waals surface area contributed by atoms with Gasteiger partial charge < -0.3 is 19.5 Å². The van der Waals surface area contributed by atoms with Gasteiger partial charge in [0.2, 0.25) is 0 Å². The van der Waals surface area contributed by atoms with Crippen molar-refractivity contribution >= 4 is 11.9 Å². The van der Waals surface area contributed by atoms with Crippen molar-refractivity contribution < 1.29 is 24.2 Å². The summed E-state index contributed by atoms with van der Waals surface area (Å²) in [4.78, 5) is 29.1. The summed E-state index contributed by atoms with van der Waals surface area (Å²) < 4.78 is 10.6. The van der Waals surface area contributed by atoms with E-state index in [1.54, 1.807) is 19.1 Å². The highest BCUT2D eigenvalue weighted by molar-refractivity contribution is 5.96. The van der Waals surface area contributed by atoms with Crippen molar-refractivity contribution in [3.63, 3.8) is 0 Å². The number of aromatic nitrogens is 1. The minimum absolute atomic E-state index is 0.0592. The first-order chi connectivity index (χ1) is 12.5. The molecule has 0 aliphatic carbocycles. The molecule has 3 rings (SSSR count). The van der Waals surface area contributed by atoms with E-state index in [0.717, 1.165) is 23.5 Å². The van der Waals surface area contributed by atoms with Crippen LogP contribution in [0.3, 0.4) is 0 Å². The highest BCUT2D eigenvalue weighted by atomic mass is 16.5. The molecule has 1 aliphatic rings. The monoisotopic (exact) mass is 356 g/mol. The average molecular weight is 356 g/mol. The fourth-order valence-electron chi connectivity index (χ4n) is 3.02. The number of rotatable bonds is 6. The molecule has 136 valence electrons. The zero-order valence-electron chi connectivity index (χ0n) is 14.6. The Morgan fingerprint density at radius 2 is 1.81 bits per heavy atom. The lowest BCUT2D eigenvalue weighted by Crippen LogP contribution is -2.50. The summed E-state index contributed by atoms with van der Waals surface area (Å²) in [6, 6.07) is 8.43. The molecule has 7 nitrogen and oxygen atoms in total. The first-order valence-electron chi connectivity index (χ1n) is 8.20. The van der Waals surface area contributed by atoms with Gasteiger partial charge in [-0.05, 0) is 42.2 Å². The summed E-state index contributed by atoms with van der Waals surface area (Å²) in [5, 5.41) is 9.02. The summed E-state index contributed by atoms with van der Waals surface area (Å²) in [6.07, 6.45) is 2.15. The molecular formula is C19H20N2O5. The van der Waals surface area contributed by atoms with Crippen LogP contribution in [0.4, 0.5) is 0 Å². The van der Waals surface area contributed by atoms with Gasteiger partial charge in [-0.2, -0.15) is 0 Å². The van der Waals surface area contributed by atoms with E-state index in [4.69, 9.17) is 14.6 Å². The number of aromatic carboxylic acids is 1. The first-order valence-corrected chi connectivity index (χ1v) is 8.20. The summed E-state index contributed by atoms with van der Waals surface area (Å²) >= 11 is 0. The minimum atomic E-state index is -1.07. The Bertz CT molecular complexity index is 808. The Morgan fingerprint density at radius 3 is 2.38 bits per heavy atom. The lowest BCUT2D eigenvalue weighted by Gasteiger charge is -2.39. The minimum Gasteiger partial charge on any atom is -0.497 e. The van der Waals surface area contributed by atoms with Crippen molar-refractivity contribution in [1.82, 2.24) is 9.88 Å². The van der Waals surface area contributed by atoms with E-state index in [-0.39, 0.29) is 17.2 Å². The first kappa shape index (κ1) is 17.7. The molecule has 1 fully saturated rings. The van der Waals surface area contributed by atoms with Crippen molar-refractivity contribution in [1.29, 1.82) is 0 Å². The van der Waals surface area contributed by atoms with Crippen molar-refractivity contribution in [2.45, 2.75) is 6.42 Å². The quantitative estimate of drug-likeness (QED) is 0.853. The third kappa shape index (κ3) is 3.77. The maximum Gasteiger partial charge on any atom is 0.335 e. The number of carboxylic acid groups (broad SMARTS) is 1. The van der Waals surface area contributed by atoms with Crippen LogP contribution in [0.25, 0.3) is 0 Å². The second kappa shape index (κ2) is 7.43. The Kier molecular flexibility index (Phi) is 5.06. The third-order valence-corrected chi connectivity index (χ3v) is 4.41. The molecule has 0 unspecified atom stereocenters. The molecule has 0 bridgehead atoms. The van der Waals surface area contributed by atoms with Gasteiger partial charge in [-0.15, -0.1) is 0 Å². The number of methoxy groups -OCH3 is 2. The Balaban J connectivity index is 1.61. The molecule has 1 N–H and O–H groups in total. The van der Waals surface area contributed by atoms with E-state index in [0.29, 0.717) is 19.0 Å². The molecule has 7 heteroatoms. The number of nitrogens with zero attached hydrogens (tertiary/aromatic N) is 2. The van der Waals surface area contributed by atoms with Gasteiger partial charge in [0.15, 0.2) is 0 Å². The van der Waals surface area contributed by atoms with Gasteiger partial charge in [0.05, 0.1) is 19.8 Å². The van der Waals surface area contributed by atoms with Crippen LogP contribution in [-0.2, 0) is 6.42 Å². The van der Waals surface area contributed by atoms with Crippen LogP contribution in [0.15, 0.2) is 36.5 Å². The predicted molar refractivity (Wildman–Crippen MR) is 93.8 cm³/mol. The maximum absolute atomic E-state index is 12.4. The zero-order chi connectivity index (χ0) is 18.7. The molecular weight excluding hydrogens is 336 g/mol. The van der Waals surface area contributed by atoms with Crippen LogP contribution in [-0.4, -0.2) is 54.2 Å². The Hall–Kier alpha value is -3.09. The van der Waals surface area contributed by atoms with Crippen molar-refractivity contribution in [3.05, 3.63) is 53.3 Å². The molecule has 0 saturated carbocycles. The number of carboxylic acids is 1. The van der Waals surface area contributed by atoms with Crippen LogP contribution in [0.2, 0.25) is 0 Å². The van der Waals surface area contributed by atoms with Crippen LogP contribution < -0.4 is 9.47 Å². The molecule has 1 aromatic heterocycles. The molecule has 26 heavy (non-hydrogen) atoms. The van der Waals surface area contributed by atoms with Gasteiger partial charge in [-0.25, -0.2) is 4.79 Å². The van der Waals surface area contributed by atoms with Gasteiger partial charge in [-0.1, -0.05) is 0 Å². The Labute approximate surface area is 151 Å². The van der Waals surface area contributed by atoms with Crippen LogP contribution in [0, 0.1) is 5.92 Å². The van der Waals surface area contributed by atoms with Crippen LogP contribution >= 0.6 is 0 Å². The molecule has 0 spiro atoms. The highest BCUT2D eigenvalue weighted by Gasteiger charge is 2.32. The van der Waals surface area contributed by atoms with E-state index < -0.39 is 5.97 Å². The summed E-state index contributed by atoms with van der Waals surface area (Å²) in [5.41, 5.74) is 1.31. The normalized spacial score (nSPS) is 13.8. The number of hydrogen-bond donors (Lipinski definition) is 1. The summed E-state index contributed by atoms with van der Waals surface area (Å²) in [7, 11) is 3.22. The fraction of sp³-hybridized carbons (Fsp3) is 0.316. The molecule has 1 saturated heterocycles. The van der Waals surface area contributed by atoms with Gasteiger partial charge in [0, 0.05) is 25.4 Å². The predicted octanol–water partition coefficient (Wildman–Crippen LogP) is 2.11. The molecule has 0 radical (unpaired) electrons. The van der Waals surface area contributed by atoms with Crippen molar-refractivity contribution in [3.8, 4) is 11.5 Å². The van der Waals surface area contributed by atoms with Gasteiger partial charge in [-0.3, -0.25) is 9.78 Å². The Morgan fingerprint density at radius 1 is 1.15 bits per heavy atom. The van der Waals surface area contributed by atoms with E-state index in [9.17, 15) is 9.59 Å². The van der Waals surface area contributed by atoms with E-state index in [1.165, 1.54) is 18.3 Å². The topological polar surface area (TPSA) is 89.0 Å². The van der Waals surface area contributed by atoms with Crippen molar-refractivity contribution in [2.24, 2.45) is 5.92 Å². The lowest BCUT2D eigenvalue weighted by molar-refractivity contribution is 0.0495. The van der Waals surface area contributed by atoms with E-state index >= 15 is 0 Å². The fourth-order valence-corrected chi connectivity index (χ4v) is 3.02. The summed E-state index contributed by atoms with van der Waals surface area (Å²) in [5.74, 6) is 0.489. The highest BCUT2D eigenvalue weighted by Crippen LogP contribution is 2.27. The second-order valence-electron chi connectivity index (χ2n) is 6.24. The average Bonchev–Trinajstić information content (AvgIpc) is 2.63. The standard InChI is InChI=1S/C19H20N2O5/c1-25-15-6-12(7-16(9-15)26-2)5-13-10-21(11-13)18(22)17-8-14(19(23)24)3-4-20-17/h3-4,6-9,13H,5,10-11H2,1-2H3,(H,23,24). The van der Waals surface area contributed by atoms with E-state index in [1.807, 2.05) is 18.2 Å². The largest absolute Gasteiger partial charge is 0.497 e. The smallest absolute Gasteiger partial charge is 0.335 e. The molecule has 1 amide bonds.